The molecule has 0 bridgehead atoms. The van der Waals surface area contributed by atoms with Crippen LogP contribution >= 0.6 is 0 Å². The molecular weight excluding hydrogens is 282 g/mol. The first-order valence-corrected chi connectivity index (χ1v) is 6.14. The maximum absolute atomic E-state index is 11.0. The fourth-order valence-electron chi connectivity index (χ4n) is 0.792. The van der Waals surface area contributed by atoms with Crippen molar-refractivity contribution in [2.24, 2.45) is 11.5 Å². The summed E-state index contributed by atoms with van der Waals surface area (Å²) < 4.78 is 4.85. The number of carboxylic acid groups (broad SMARTS) is 1. The van der Waals surface area contributed by atoms with E-state index >= 15 is 0 Å². The summed E-state index contributed by atoms with van der Waals surface area (Å²) >= 11 is 0. The van der Waals surface area contributed by atoms with Crippen molar-refractivity contribution in [1.29, 1.82) is 0 Å². The maximum Gasteiger partial charge on any atom is 0.408 e. The molecule has 9 heteroatoms. The van der Waals surface area contributed by atoms with Crippen molar-refractivity contribution in [3.8, 4) is 0 Å². The number of hydrogen-bond acceptors (Lipinski definition) is 5. The number of primary amides is 2. The van der Waals surface area contributed by atoms with Gasteiger partial charge in [0, 0.05) is 12.8 Å². The van der Waals surface area contributed by atoms with Gasteiger partial charge in [0.1, 0.15) is 11.6 Å². The van der Waals surface area contributed by atoms with Crippen LogP contribution in [0.1, 0.15) is 40.5 Å². The summed E-state index contributed by atoms with van der Waals surface area (Å²) in [4.78, 5) is 41.1. The molecule has 0 saturated carbocycles. The fraction of sp³-hybridized carbons (Fsp3) is 0.667. The number of nitrogens with one attached hydrogen (secondary N) is 1. The van der Waals surface area contributed by atoms with E-state index in [2.05, 4.69) is 5.32 Å². The van der Waals surface area contributed by atoms with Gasteiger partial charge in [0.15, 0.2) is 0 Å². The van der Waals surface area contributed by atoms with E-state index in [4.69, 9.17) is 21.3 Å². The van der Waals surface area contributed by atoms with E-state index in [-0.39, 0.29) is 12.8 Å². The van der Waals surface area contributed by atoms with Gasteiger partial charge in [-0.2, -0.15) is 0 Å². The Balaban J connectivity index is 0. The average molecular weight is 305 g/mol. The lowest BCUT2D eigenvalue weighted by Crippen LogP contribution is -2.41. The minimum Gasteiger partial charge on any atom is -0.480 e. The Morgan fingerprint density at radius 3 is 1.71 bits per heavy atom. The SMILES string of the molecule is C[C@H](NC(=O)OC(C)(C)C)C(=O)O.NC(=O)CCC(N)=O. The van der Waals surface area contributed by atoms with Gasteiger partial charge in [-0.3, -0.25) is 14.4 Å². The smallest absolute Gasteiger partial charge is 0.408 e. The minimum atomic E-state index is -1.09. The molecule has 21 heavy (non-hydrogen) atoms. The summed E-state index contributed by atoms with van der Waals surface area (Å²) in [5, 5.41) is 10.6. The van der Waals surface area contributed by atoms with Crippen LogP contribution in [-0.4, -0.2) is 40.6 Å². The molecule has 0 aliphatic carbocycles. The second kappa shape index (κ2) is 9.56. The Morgan fingerprint density at radius 1 is 1.10 bits per heavy atom. The molecule has 0 fully saturated rings. The molecule has 9 nitrogen and oxygen atoms in total. The van der Waals surface area contributed by atoms with Crippen molar-refractivity contribution in [2.75, 3.05) is 0 Å². The lowest BCUT2D eigenvalue weighted by molar-refractivity contribution is -0.139. The first kappa shape index (κ1) is 21.0. The topological polar surface area (TPSA) is 162 Å². The normalized spacial score (nSPS) is 11.4. The number of carbonyl (C=O) groups excluding carboxylic acids is 3. The summed E-state index contributed by atoms with van der Waals surface area (Å²) in [5.41, 5.74) is 8.78. The van der Waals surface area contributed by atoms with Crippen LogP contribution in [0.25, 0.3) is 0 Å². The summed E-state index contributed by atoms with van der Waals surface area (Å²) in [6.07, 6.45) is -0.618. The zero-order chi connectivity index (χ0) is 17.2. The third-order valence-corrected chi connectivity index (χ3v) is 1.72. The molecule has 0 radical (unpaired) electrons. The molecule has 0 aromatic rings. The second-order valence-electron chi connectivity index (χ2n) is 5.14. The van der Waals surface area contributed by atoms with Crippen molar-refractivity contribution in [2.45, 2.75) is 52.2 Å². The highest BCUT2D eigenvalue weighted by molar-refractivity contribution is 5.81. The quantitative estimate of drug-likeness (QED) is 0.546. The summed E-state index contributed by atoms with van der Waals surface area (Å²) in [6.45, 7) is 6.49. The Labute approximate surface area is 123 Å². The monoisotopic (exact) mass is 305 g/mol. The van der Waals surface area contributed by atoms with Crippen LogP contribution < -0.4 is 16.8 Å². The van der Waals surface area contributed by atoms with Crippen LogP contribution in [0.3, 0.4) is 0 Å². The van der Waals surface area contributed by atoms with Gasteiger partial charge in [-0.15, -0.1) is 0 Å². The van der Waals surface area contributed by atoms with Crippen LogP contribution in [0.4, 0.5) is 4.79 Å². The molecule has 0 aliphatic rings. The molecular formula is C12H23N3O6. The lowest BCUT2D eigenvalue weighted by Gasteiger charge is -2.20. The first-order chi connectivity index (χ1) is 9.35. The van der Waals surface area contributed by atoms with Crippen LogP contribution in [0.15, 0.2) is 0 Å². The van der Waals surface area contributed by atoms with E-state index in [0.717, 1.165) is 0 Å². The summed E-state index contributed by atoms with van der Waals surface area (Å²) in [7, 11) is 0. The van der Waals surface area contributed by atoms with Crippen molar-refractivity contribution in [3.63, 3.8) is 0 Å². The number of ether oxygens (including phenoxy) is 1. The Hall–Kier alpha value is -2.32. The molecule has 6 N–H and O–H groups in total. The Kier molecular flexibility index (Phi) is 9.56. The van der Waals surface area contributed by atoms with Gasteiger partial charge < -0.3 is 26.6 Å². The molecule has 0 unspecified atom stereocenters. The zero-order valence-corrected chi connectivity index (χ0v) is 12.6. The van der Waals surface area contributed by atoms with Gasteiger partial charge in [-0.25, -0.2) is 4.79 Å². The van der Waals surface area contributed by atoms with E-state index in [9.17, 15) is 19.2 Å². The first-order valence-electron chi connectivity index (χ1n) is 6.14. The van der Waals surface area contributed by atoms with Gasteiger partial charge in [-0.05, 0) is 27.7 Å². The van der Waals surface area contributed by atoms with Gasteiger partial charge >= 0.3 is 12.1 Å². The summed E-state index contributed by atoms with van der Waals surface area (Å²) in [5.74, 6) is -2.08. The molecule has 0 aromatic carbocycles. The van der Waals surface area contributed by atoms with Gasteiger partial charge in [0.2, 0.25) is 11.8 Å². The molecule has 3 amide bonds. The number of aliphatic carboxylic acids is 1. The highest BCUT2D eigenvalue weighted by Crippen LogP contribution is 2.06. The maximum atomic E-state index is 11.0. The van der Waals surface area contributed by atoms with E-state index < -0.39 is 35.5 Å². The molecule has 122 valence electrons. The third kappa shape index (κ3) is 17.7. The lowest BCUT2D eigenvalue weighted by atomic mass is 10.2. The number of carbonyl (C=O) groups is 4. The van der Waals surface area contributed by atoms with Crippen LogP contribution in [0, 0.1) is 0 Å². The van der Waals surface area contributed by atoms with Gasteiger partial charge in [0.05, 0.1) is 0 Å². The number of amides is 3. The number of nitrogens with two attached hydrogens (primary N) is 2. The zero-order valence-electron chi connectivity index (χ0n) is 12.6. The molecule has 1 atom stereocenters. The van der Waals surface area contributed by atoms with E-state index in [0.29, 0.717) is 0 Å². The fourth-order valence-corrected chi connectivity index (χ4v) is 0.792. The number of carboxylic acids is 1. The van der Waals surface area contributed by atoms with Crippen molar-refractivity contribution >= 4 is 23.9 Å². The standard InChI is InChI=1S/C8H15NO4.C4H8N2O2/c1-5(6(10)11)9-7(12)13-8(2,3)4;5-3(7)1-2-4(6)8/h5H,1-4H3,(H,9,12)(H,10,11);1-2H2,(H2,5,7)(H2,6,8)/t5-;/m0./s1. The predicted molar refractivity (Wildman–Crippen MR) is 74.1 cm³/mol. The highest BCUT2D eigenvalue weighted by atomic mass is 16.6. The van der Waals surface area contributed by atoms with Crippen LogP contribution in [-0.2, 0) is 19.1 Å². The largest absolute Gasteiger partial charge is 0.480 e. The molecule has 0 aliphatic heterocycles. The summed E-state index contributed by atoms with van der Waals surface area (Å²) in [6, 6.07) is -0.935. The highest BCUT2D eigenvalue weighted by Gasteiger charge is 2.20. The van der Waals surface area contributed by atoms with E-state index in [1.807, 2.05) is 0 Å². The van der Waals surface area contributed by atoms with Crippen LogP contribution in [0.5, 0.6) is 0 Å². The van der Waals surface area contributed by atoms with Gasteiger partial charge in [0.25, 0.3) is 0 Å². The average Bonchev–Trinajstić information content (AvgIpc) is 2.24. The number of hydrogen-bond donors (Lipinski definition) is 4. The predicted octanol–water partition coefficient (Wildman–Crippen LogP) is -0.279. The number of alkyl carbamates (subject to hydrolysis) is 1. The molecule has 0 spiro atoms. The third-order valence-electron chi connectivity index (χ3n) is 1.72. The Bertz CT molecular complexity index is 375. The minimum absolute atomic E-state index is 0.0509. The molecule has 0 heterocycles. The van der Waals surface area contributed by atoms with Crippen molar-refractivity contribution < 1.29 is 29.0 Å². The number of rotatable bonds is 5. The molecule has 0 rings (SSSR count). The Morgan fingerprint density at radius 2 is 1.48 bits per heavy atom. The van der Waals surface area contributed by atoms with E-state index in [1.165, 1.54) is 6.92 Å². The van der Waals surface area contributed by atoms with Crippen molar-refractivity contribution in [1.82, 2.24) is 5.32 Å². The molecule has 0 aromatic heterocycles. The van der Waals surface area contributed by atoms with Gasteiger partial charge in [-0.1, -0.05) is 0 Å². The molecule has 0 saturated heterocycles. The van der Waals surface area contributed by atoms with Crippen LogP contribution in [0.2, 0.25) is 0 Å². The second-order valence-corrected chi connectivity index (χ2v) is 5.14. The van der Waals surface area contributed by atoms with Crippen molar-refractivity contribution in [3.05, 3.63) is 0 Å². The van der Waals surface area contributed by atoms with E-state index in [1.54, 1.807) is 20.8 Å².